The van der Waals surface area contributed by atoms with Crippen molar-refractivity contribution in [1.29, 1.82) is 0 Å². The van der Waals surface area contributed by atoms with Crippen molar-refractivity contribution in [1.82, 2.24) is 5.32 Å². The van der Waals surface area contributed by atoms with E-state index in [1.165, 1.54) is 13.2 Å². The third kappa shape index (κ3) is 3.35. The van der Waals surface area contributed by atoms with Gasteiger partial charge in [0.2, 0.25) is 0 Å². The van der Waals surface area contributed by atoms with Crippen LogP contribution in [0.4, 0.5) is 4.39 Å². The predicted octanol–water partition coefficient (Wildman–Crippen LogP) is 3.59. The van der Waals surface area contributed by atoms with Gasteiger partial charge in [-0.3, -0.25) is 0 Å². The van der Waals surface area contributed by atoms with Gasteiger partial charge in [-0.2, -0.15) is 0 Å². The molecule has 0 bridgehead atoms. The Morgan fingerprint density at radius 3 is 2.79 bits per heavy atom. The molecule has 4 heteroatoms. The molecule has 0 radical (unpaired) electrons. The fourth-order valence-corrected chi connectivity index (χ4v) is 1.83. The van der Waals surface area contributed by atoms with E-state index >= 15 is 0 Å². The summed E-state index contributed by atoms with van der Waals surface area (Å²) in [5, 5.41) is 3.24. The van der Waals surface area contributed by atoms with E-state index in [1.807, 2.05) is 6.07 Å². The Morgan fingerprint density at radius 2 is 2.11 bits per heavy atom. The van der Waals surface area contributed by atoms with Crippen LogP contribution in [0.15, 0.2) is 34.7 Å². The molecule has 2 rings (SSSR count). The molecule has 1 aromatic carbocycles. The lowest BCUT2D eigenvalue weighted by atomic mass is 10.1. The smallest absolute Gasteiger partial charge is 0.137 e. The maximum atomic E-state index is 13.9. The molecule has 3 nitrogen and oxygen atoms in total. The summed E-state index contributed by atoms with van der Waals surface area (Å²) >= 11 is 0. The van der Waals surface area contributed by atoms with Crippen LogP contribution in [0, 0.1) is 5.82 Å². The second kappa shape index (κ2) is 6.38. The second-order valence-electron chi connectivity index (χ2n) is 4.29. The molecule has 0 aliphatic rings. The van der Waals surface area contributed by atoms with E-state index in [1.54, 1.807) is 18.2 Å². The van der Waals surface area contributed by atoms with Gasteiger partial charge in [-0.15, -0.1) is 0 Å². The van der Waals surface area contributed by atoms with Gasteiger partial charge in [-0.1, -0.05) is 6.92 Å². The normalized spacial score (nSPS) is 10.7. The van der Waals surface area contributed by atoms with Crippen LogP contribution in [-0.4, -0.2) is 13.7 Å². The number of benzene rings is 1. The van der Waals surface area contributed by atoms with E-state index in [0.717, 1.165) is 18.7 Å². The first kappa shape index (κ1) is 13.6. The molecule has 0 spiro atoms. The average molecular weight is 263 g/mol. The van der Waals surface area contributed by atoms with E-state index in [2.05, 4.69) is 12.2 Å². The molecule has 102 valence electrons. The molecular weight excluding hydrogens is 245 g/mol. The van der Waals surface area contributed by atoms with E-state index in [9.17, 15) is 4.39 Å². The van der Waals surface area contributed by atoms with Gasteiger partial charge in [0.15, 0.2) is 0 Å². The van der Waals surface area contributed by atoms with Gasteiger partial charge in [-0.25, -0.2) is 4.39 Å². The van der Waals surface area contributed by atoms with E-state index in [-0.39, 0.29) is 5.82 Å². The fourth-order valence-electron chi connectivity index (χ4n) is 1.83. The highest BCUT2D eigenvalue weighted by molar-refractivity contribution is 5.59. The summed E-state index contributed by atoms with van der Waals surface area (Å²) in [6.07, 6.45) is 1.07. The molecule has 0 atom stereocenters. The summed E-state index contributed by atoms with van der Waals surface area (Å²) in [5.41, 5.74) is 0.447. The molecule has 0 aliphatic heterocycles. The first-order valence-corrected chi connectivity index (χ1v) is 6.38. The molecule has 1 N–H and O–H groups in total. The van der Waals surface area contributed by atoms with Crippen LogP contribution in [0.25, 0.3) is 11.3 Å². The number of halogens is 1. The van der Waals surface area contributed by atoms with E-state index in [4.69, 9.17) is 9.15 Å². The van der Waals surface area contributed by atoms with Gasteiger partial charge in [-0.05, 0) is 37.2 Å². The number of hydrogen-bond donors (Lipinski definition) is 1. The number of furan rings is 1. The minimum atomic E-state index is -0.346. The van der Waals surface area contributed by atoms with Crippen LogP contribution in [-0.2, 0) is 6.54 Å². The Bertz CT molecular complexity index is 537. The van der Waals surface area contributed by atoms with Gasteiger partial charge < -0.3 is 14.5 Å². The lowest BCUT2D eigenvalue weighted by Crippen LogP contribution is -2.12. The van der Waals surface area contributed by atoms with Crippen molar-refractivity contribution in [3.8, 4) is 17.1 Å². The van der Waals surface area contributed by atoms with Crippen LogP contribution < -0.4 is 10.1 Å². The zero-order valence-corrected chi connectivity index (χ0v) is 11.2. The highest BCUT2D eigenvalue weighted by atomic mass is 19.1. The Kier molecular flexibility index (Phi) is 4.58. The predicted molar refractivity (Wildman–Crippen MR) is 72.7 cm³/mol. The number of nitrogens with one attached hydrogen (secondary N) is 1. The number of methoxy groups -OCH3 is 1. The van der Waals surface area contributed by atoms with E-state index < -0.39 is 0 Å². The van der Waals surface area contributed by atoms with E-state index in [0.29, 0.717) is 23.6 Å². The highest BCUT2D eigenvalue weighted by Gasteiger charge is 2.10. The van der Waals surface area contributed by atoms with Crippen LogP contribution >= 0.6 is 0 Å². The summed E-state index contributed by atoms with van der Waals surface area (Å²) in [4.78, 5) is 0. The van der Waals surface area contributed by atoms with Gasteiger partial charge in [0.05, 0.1) is 19.2 Å². The van der Waals surface area contributed by atoms with Crippen molar-refractivity contribution in [3.63, 3.8) is 0 Å². The first-order valence-electron chi connectivity index (χ1n) is 6.38. The number of hydrogen-bond acceptors (Lipinski definition) is 3. The molecule has 0 amide bonds. The van der Waals surface area contributed by atoms with Crippen LogP contribution in [0.2, 0.25) is 0 Å². The number of rotatable bonds is 6. The quantitative estimate of drug-likeness (QED) is 0.809. The molecule has 0 unspecified atom stereocenters. The summed E-state index contributed by atoms with van der Waals surface area (Å²) in [7, 11) is 1.51. The minimum Gasteiger partial charge on any atom is -0.497 e. The van der Waals surface area contributed by atoms with Crippen molar-refractivity contribution >= 4 is 0 Å². The van der Waals surface area contributed by atoms with Crippen molar-refractivity contribution < 1.29 is 13.5 Å². The van der Waals surface area contributed by atoms with Crippen molar-refractivity contribution in [3.05, 3.63) is 41.9 Å². The van der Waals surface area contributed by atoms with Gasteiger partial charge in [0, 0.05) is 6.07 Å². The SMILES string of the molecule is CCCNCc1ccc(-c2ccc(OC)cc2F)o1. The van der Waals surface area contributed by atoms with Gasteiger partial charge in [0.25, 0.3) is 0 Å². The topological polar surface area (TPSA) is 34.4 Å². The monoisotopic (exact) mass is 263 g/mol. The Balaban J connectivity index is 2.13. The minimum absolute atomic E-state index is 0.346. The maximum absolute atomic E-state index is 13.9. The van der Waals surface area contributed by atoms with Crippen molar-refractivity contribution in [2.45, 2.75) is 19.9 Å². The summed E-state index contributed by atoms with van der Waals surface area (Å²) in [6.45, 7) is 3.70. The van der Waals surface area contributed by atoms with Crippen molar-refractivity contribution in [2.75, 3.05) is 13.7 Å². The van der Waals surface area contributed by atoms with Crippen LogP contribution in [0.1, 0.15) is 19.1 Å². The molecule has 0 fully saturated rings. The lowest BCUT2D eigenvalue weighted by Gasteiger charge is -2.03. The maximum Gasteiger partial charge on any atom is 0.137 e. The molecule has 0 saturated heterocycles. The Labute approximate surface area is 112 Å². The van der Waals surface area contributed by atoms with Crippen molar-refractivity contribution in [2.24, 2.45) is 0 Å². The number of ether oxygens (including phenoxy) is 1. The molecule has 0 saturated carbocycles. The molecule has 1 heterocycles. The third-order valence-electron chi connectivity index (χ3n) is 2.83. The summed E-state index contributed by atoms with van der Waals surface area (Å²) in [6, 6.07) is 8.38. The molecule has 0 aliphatic carbocycles. The average Bonchev–Trinajstić information content (AvgIpc) is 2.87. The summed E-state index contributed by atoms with van der Waals surface area (Å²) < 4.78 is 24.5. The zero-order valence-electron chi connectivity index (χ0n) is 11.2. The molecule has 1 aromatic heterocycles. The summed E-state index contributed by atoms with van der Waals surface area (Å²) in [5.74, 6) is 1.49. The fraction of sp³-hybridized carbons (Fsp3) is 0.333. The first-order chi connectivity index (χ1) is 9.24. The lowest BCUT2D eigenvalue weighted by molar-refractivity contribution is 0.411. The zero-order chi connectivity index (χ0) is 13.7. The highest BCUT2D eigenvalue weighted by Crippen LogP contribution is 2.27. The van der Waals surface area contributed by atoms with Crippen LogP contribution in [0.5, 0.6) is 5.75 Å². The Morgan fingerprint density at radius 1 is 1.26 bits per heavy atom. The molecule has 19 heavy (non-hydrogen) atoms. The van der Waals surface area contributed by atoms with Gasteiger partial charge in [0.1, 0.15) is 23.1 Å². The second-order valence-corrected chi connectivity index (χ2v) is 4.29. The largest absolute Gasteiger partial charge is 0.497 e. The molecule has 2 aromatic rings. The Hall–Kier alpha value is -1.81. The molecular formula is C15H18FNO2. The standard InChI is InChI=1S/C15H18FNO2/c1-3-8-17-10-12-5-7-15(19-12)13-6-4-11(18-2)9-14(13)16/h4-7,9,17H,3,8,10H2,1-2H3. The third-order valence-corrected chi connectivity index (χ3v) is 2.83. The van der Waals surface area contributed by atoms with Gasteiger partial charge >= 0.3 is 0 Å². The van der Waals surface area contributed by atoms with Crippen LogP contribution in [0.3, 0.4) is 0 Å².